The van der Waals surface area contributed by atoms with Crippen molar-refractivity contribution in [2.45, 2.75) is 11.8 Å². The molecule has 20 heavy (non-hydrogen) atoms. The van der Waals surface area contributed by atoms with Gasteiger partial charge in [0.05, 0.1) is 10.8 Å². The highest BCUT2D eigenvalue weighted by Crippen LogP contribution is 2.12. The van der Waals surface area contributed by atoms with E-state index in [1.54, 1.807) is 24.3 Å². The fourth-order valence-electron chi connectivity index (χ4n) is 1.69. The van der Waals surface area contributed by atoms with E-state index in [9.17, 15) is 9.00 Å². The zero-order valence-electron chi connectivity index (χ0n) is 11.1. The second kappa shape index (κ2) is 6.34. The van der Waals surface area contributed by atoms with E-state index < -0.39 is 10.8 Å². The first-order valence-corrected chi connectivity index (χ1v) is 7.47. The van der Waals surface area contributed by atoms with Gasteiger partial charge in [-0.3, -0.25) is 9.00 Å². The maximum absolute atomic E-state index is 12.0. The first-order valence-electron chi connectivity index (χ1n) is 6.15. The number of rotatable bonds is 4. The predicted octanol–water partition coefficient (Wildman–Crippen LogP) is 2.32. The number of anilines is 2. The summed E-state index contributed by atoms with van der Waals surface area (Å²) in [5.41, 5.74) is 7.98. The maximum atomic E-state index is 12.0. The Labute approximate surface area is 120 Å². The highest BCUT2D eigenvalue weighted by Gasteiger charge is 2.10. The summed E-state index contributed by atoms with van der Waals surface area (Å²) in [7, 11) is -1.39. The topological polar surface area (TPSA) is 72.2 Å². The number of amides is 1. The second-order valence-corrected chi connectivity index (χ2v) is 5.93. The van der Waals surface area contributed by atoms with Crippen LogP contribution in [0.1, 0.15) is 5.56 Å². The van der Waals surface area contributed by atoms with Gasteiger partial charge in [-0.1, -0.05) is 23.8 Å². The van der Waals surface area contributed by atoms with Gasteiger partial charge in [0.15, 0.2) is 0 Å². The third-order valence-corrected chi connectivity index (χ3v) is 4.02. The molecule has 0 saturated heterocycles. The third-order valence-electron chi connectivity index (χ3n) is 2.72. The van der Waals surface area contributed by atoms with Gasteiger partial charge in [0.2, 0.25) is 5.91 Å². The predicted molar refractivity (Wildman–Crippen MR) is 81.9 cm³/mol. The molecular weight excluding hydrogens is 272 g/mol. The molecule has 3 N–H and O–H groups in total. The average molecular weight is 288 g/mol. The number of aryl methyl sites for hydroxylation is 1. The van der Waals surface area contributed by atoms with Crippen LogP contribution in [0, 0.1) is 6.92 Å². The maximum Gasteiger partial charge on any atom is 0.237 e. The minimum atomic E-state index is -1.39. The summed E-state index contributed by atoms with van der Waals surface area (Å²) in [5, 5.41) is 2.72. The van der Waals surface area contributed by atoms with E-state index in [2.05, 4.69) is 5.32 Å². The first-order chi connectivity index (χ1) is 9.54. The molecular formula is C15H16N2O2S. The van der Waals surface area contributed by atoms with Crippen LogP contribution in [-0.2, 0) is 15.6 Å². The molecule has 0 fully saturated rings. The summed E-state index contributed by atoms with van der Waals surface area (Å²) in [6.45, 7) is 1.97. The number of nitrogens with two attached hydrogens (primary N) is 1. The Morgan fingerprint density at radius 2 is 1.90 bits per heavy atom. The zero-order valence-corrected chi connectivity index (χ0v) is 11.9. The van der Waals surface area contributed by atoms with Crippen LogP contribution in [0.5, 0.6) is 0 Å². The molecule has 0 aliphatic heterocycles. The van der Waals surface area contributed by atoms with Gasteiger partial charge in [-0.2, -0.15) is 0 Å². The molecule has 0 aromatic heterocycles. The standard InChI is InChI=1S/C15H16N2O2S/c1-11-5-7-13(8-6-11)17-15(18)10-20(19)14-4-2-3-12(16)9-14/h2-9H,10,16H2,1H3,(H,17,18). The Morgan fingerprint density at radius 3 is 2.55 bits per heavy atom. The van der Waals surface area contributed by atoms with Crippen LogP contribution in [0.4, 0.5) is 11.4 Å². The van der Waals surface area contributed by atoms with E-state index in [0.717, 1.165) is 5.56 Å². The van der Waals surface area contributed by atoms with E-state index in [1.165, 1.54) is 0 Å². The van der Waals surface area contributed by atoms with Crippen molar-refractivity contribution >= 4 is 28.1 Å². The van der Waals surface area contributed by atoms with Gasteiger partial charge in [-0.05, 0) is 37.3 Å². The molecule has 5 heteroatoms. The van der Waals surface area contributed by atoms with Crippen LogP contribution in [0.25, 0.3) is 0 Å². The van der Waals surface area contributed by atoms with Crippen LogP contribution in [0.3, 0.4) is 0 Å². The van der Waals surface area contributed by atoms with E-state index in [1.807, 2.05) is 31.2 Å². The lowest BCUT2D eigenvalue weighted by Gasteiger charge is -2.06. The average Bonchev–Trinajstić information content (AvgIpc) is 2.41. The van der Waals surface area contributed by atoms with Crippen molar-refractivity contribution in [3.8, 4) is 0 Å². The normalized spacial score (nSPS) is 11.8. The van der Waals surface area contributed by atoms with Crippen LogP contribution in [-0.4, -0.2) is 15.9 Å². The zero-order chi connectivity index (χ0) is 14.5. The number of carbonyl (C=O) groups is 1. The fraction of sp³-hybridized carbons (Fsp3) is 0.133. The molecule has 4 nitrogen and oxygen atoms in total. The smallest absolute Gasteiger partial charge is 0.237 e. The highest BCUT2D eigenvalue weighted by atomic mass is 32.2. The largest absolute Gasteiger partial charge is 0.399 e. The Balaban J connectivity index is 1.97. The fourth-order valence-corrected chi connectivity index (χ4v) is 2.67. The SMILES string of the molecule is Cc1ccc(NC(=O)CS(=O)c2cccc(N)c2)cc1. The monoisotopic (exact) mass is 288 g/mol. The number of hydrogen-bond acceptors (Lipinski definition) is 3. The van der Waals surface area contributed by atoms with Crippen molar-refractivity contribution in [2.24, 2.45) is 0 Å². The van der Waals surface area contributed by atoms with Gasteiger partial charge in [-0.25, -0.2) is 0 Å². The van der Waals surface area contributed by atoms with E-state index >= 15 is 0 Å². The minimum Gasteiger partial charge on any atom is -0.399 e. The van der Waals surface area contributed by atoms with Gasteiger partial charge in [0.25, 0.3) is 0 Å². The van der Waals surface area contributed by atoms with Gasteiger partial charge in [0.1, 0.15) is 5.75 Å². The molecule has 0 heterocycles. The summed E-state index contributed by atoms with van der Waals surface area (Å²) < 4.78 is 12.0. The number of carbonyl (C=O) groups excluding carboxylic acids is 1. The van der Waals surface area contributed by atoms with Gasteiger partial charge < -0.3 is 11.1 Å². The molecule has 0 radical (unpaired) electrons. The van der Waals surface area contributed by atoms with Gasteiger partial charge >= 0.3 is 0 Å². The van der Waals surface area contributed by atoms with Crippen molar-refractivity contribution in [1.29, 1.82) is 0 Å². The number of benzene rings is 2. The van der Waals surface area contributed by atoms with Crippen molar-refractivity contribution in [3.63, 3.8) is 0 Å². The highest BCUT2D eigenvalue weighted by molar-refractivity contribution is 7.85. The molecule has 1 unspecified atom stereocenters. The van der Waals surface area contributed by atoms with Crippen LogP contribution in [0.2, 0.25) is 0 Å². The number of nitrogen functional groups attached to an aromatic ring is 1. The second-order valence-electron chi connectivity index (χ2n) is 4.48. The molecule has 2 aromatic rings. The molecule has 0 bridgehead atoms. The molecule has 1 atom stereocenters. The summed E-state index contributed by atoms with van der Waals surface area (Å²) in [4.78, 5) is 12.4. The lowest BCUT2D eigenvalue weighted by molar-refractivity contribution is -0.113. The Bertz CT molecular complexity index is 639. The van der Waals surface area contributed by atoms with Crippen molar-refractivity contribution in [1.82, 2.24) is 0 Å². The molecule has 0 saturated carbocycles. The Kier molecular flexibility index (Phi) is 4.53. The van der Waals surface area contributed by atoms with E-state index in [0.29, 0.717) is 16.3 Å². The van der Waals surface area contributed by atoms with Crippen LogP contribution < -0.4 is 11.1 Å². The van der Waals surface area contributed by atoms with Crippen LogP contribution in [0.15, 0.2) is 53.4 Å². The van der Waals surface area contributed by atoms with E-state index in [-0.39, 0.29) is 11.7 Å². The summed E-state index contributed by atoms with van der Waals surface area (Å²) in [6, 6.07) is 14.2. The lowest BCUT2D eigenvalue weighted by atomic mass is 10.2. The summed E-state index contributed by atoms with van der Waals surface area (Å²) >= 11 is 0. The summed E-state index contributed by atoms with van der Waals surface area (Å²) in [6.07, 6.45) is 0. The molecule has 0 aliphatic carbocycles. The molecule has 0 spiro atoms. The number of hydrogen-bond donors (Lipinski definition) is 2. The molecule has 0 aliphatic rings. The summed E-state index contributed by atoms with van der Waals surface area (Å²) in [5.74, 6) is -0.369. The number of nitrogens with one attached hydrogen (secondary N) is 1. The Hall–Kier alpha value is -2.14. The lowest BCUT2D eigenvalue weighted by Crippen LogP contribution is -2.19. The van der Waals surface area contributed by atoms with Gasteiger partial charge in [-0.15, -0.1) is 0 Å². The van der Waals surface area contributed by atoms with Crippen LogP contribution >= 0.6 is 0 Å². The molecule has 1 amide bonds. The third kappa shape index (κ3) is 3.93. The molecule has 104 valence electrons. The minimum absolute atomic E-state index is 0.0860. The molecule has 2 rings (SSSR count). The van der Waals surface area contributed by atoms with Crippen molar-refractivity contribution in [2.75, 3.05) is 16.8 Å². The first kappa shape index (κ1) is 14.3. The van der Waals surface area contributed by atoms with Crippen molar-refractivity contribution in [3.05, 3.63) is 54.1 Å². The van der Waals surface area contributed by atoms with Crippen molar-refractivity contribution < 1.29 is 9.00 Å². The quantitative estimate of drug-likeness (QED) is 0.848. The van der Waals surface area contributed by atoms with E-state index in [4.69, 9.17) is 5.73 Å². The Morgan fingerprint density at radius 1 is 1.20 bits per heavy atom. The van der Waals surface area contributed by atoms with Gasteiger partial charge in [0, 0.05) is 16.3 Å². The molecule has 2 aromatic carbocycles.